The normalized spacial score (nSPS) is 14.0. The van der Waals surface area contributed by atoms with Gasteiger partial charge in [0.05, 0.1) is 0 Å². The van der Waals surface area contributed by atoms with Crippen LogP contribution < -0.4 is 27.0 Å². The minimum atomic E-state index is -1.03. The van der Waals surface area contributed by atoms with Gasteiger partial charge in [-0.05, 0) is 71.3 Å². The Morgan fingerprint density at radius 3 is 1.89 bits per heavy atom. The van der Waals surface area contributed by atoms with Crippen molar-refractivity contribution in [2.75, 3.05) is 13.1 Å². The van der Waals surface area contributed by atoms with Crippen LogP contribution in [0.2, 0.25) is 0 Å². The van der Waals surface area contributed by atoms with E-state index >= 15 is 0 Å². The van der Waals surface area contributed by atoms with E-state index in [1.165, 1.54) is 0 Å². The fraction of sp³-hybridized carbons (Fsp3) is 0.824. The zero-order valence-corrected chi connectivity index (χ0v) is 29.3. The summed E-state index contributed by atoms with van der Waals surface area (Å²) in [6, 6.07) is -1.36. The fourth-order valence-corrected chi connectivity index (χ4v) is 4.93. The first-order valence-corrected chi connectivity index (χ1v) is 17.3. The van der Waals surface area contributed by atoms with Gasteiger partial charge in [0.2, 0.25) is 17.7 Å². The predicted molar refractivity (Wildman–Crippen MR) is 180 cm³/mol. The minimum Gasteiger partial charge on any atom is -0.480 e. The summed E-state index contributed by atoms with van der Waals surface area (Å²) in [6.07, 6.45) is 7.31. The molecule has 3 amide bonds. The van der Waals surface area contributed by atoms with Crippen molar-refractivity contribution in [1.29, 1.82) is 0 Å². The van der Waals surface area contributed by atoms with Gasteiger partial charge in [-0.15, -0.1) is 0 Å². The number of amides is 3. The lowest BCUT2D eigenvalue weighted by atomic mass is 9.94. The molecule has 0 rings (SSSR count). The molecular formula is C34H63N5O7. The zero-order valence-electron chi connectivity index (χ0n) is 29.3. The van der Waals surface area contributed by atoms with Gasteiger partial charge in [0.1, 0.15) is 23.7 Å². The summed E-state index contributed by atoms with van der Waals surface area (Å²) >= 11 is 0. The maximum Gasteiger partial charge on any atom is 0.320 e. The number of Topliss-reactive ketones (excluding diaryl/α,β-unsaturated/α-hetero) is 2. The van der Waals surface area contributed by atoms with Crippen LogP contribution in [-0.2, 0) is 28.8 Å². The van der Waals surface area contributed by atoms with Crippen molar-refractivity contribution >= 4 is 35.3 Å². The lowest BCUT2D eigenvalue weighted by Gasteiger charge is -2.21. The van der Waals surface area contributed by atoms with E-state index in [1.54, 1.807) is 0 Å². The molecule has 0 fully saturated rings. The minimum absolute atomic E-state index is 0.0392. The number of nitrogens with one attached hydrogen (secondary N) is 4. The Balaban J connectivity index is 4.29. The van der Waals surface area contributed by atoms with Crippen LogP contribution in [0.5, 0.6) is 0 Å². The number of carbonyl (C=O) groups excluding carboxylic acids is 5. The first kappa shape index (κ1) is 43.1. The van der Waals surface area contributed by atoms with E-state index in [4.69, 9.17) is 5.73 Å². The predicted octanol–water partition coefficient (Wildman–Crippen LogP) is 3.39. The number of hydrogen-bond acceptors (Lipinski definition) is 8. The fourth-order valence-electron chi connectivity index (χ4n) is 4.93. The Bertz CT molecular complexity index is 941. The molecular weight excluding hydrogens is 590 g/mol. The first-order chi connectivity index (χ1) is 21.6. The van der Waals surface area contributed by atoms with Gasteiger partial charge in [-0.2, -0.15) is 0 Å². The Morgan fingerprint density at radius 2 is 1.28 bits per heavy atom. The maximum atomic E-state index is 12.5. The standard InChI is InChI=1S/C34H63N5O7/c1-23(2)29(40)15-12-16-32(43)39-27(33(35)44)13-9-11-22-37-31(42)20-19-28(34(45)46)38-26(6)18-17-25(5)30(41)14-8-7-10-21-36-24(3)4/h23-28,36,38H,7-22H2,1-6H3,(H2,35,44)(H,37,42)(H,39,43)(H,45,46). The second kappa shape index (κ2) is 25.3. The van der Waals surface area contributed by atoms with Crippen LogP contribution in [0.15, 0.2) is 0 Å². The highest BCUT2D eigenvalue weighted by molar-refractivity contribution is 5.87. The second-order valence-corrected chi connectivity index (χ2v) is 13.2. The summed E-state index contributed by atoms with van der Waals surface area (Å²) in [5.74, 6) is -2.08. The highest BCUT2D eigenvalue weighted by Gasteiger charge is 2.22. The first-order valence-electron chi connectivity index (χ1n) is 17.3. The number of hydrogen-bond donors (Lipinski definition) is 6. The summed E-state index contributed by atoms with van der Waals surface area (Å²) in [7, 11) is 0. The van der Waals surface area contributed by atoms with Crippen molar-refractivity contribution < 1.29 is 33.9 Å². The van der Waals surface area contributed by atoms with Crippen LogP contribution in [0.4, 0.5) is 0 Å². The molecule has 0 aromatic heterocycles. The van der Waals surface area contributed by atoms with Crippen molar-refractivity contribution in [3.63, 3.8) is 0 Å². The number of ketones is 2. The molecule has 0 radical (unpaired) electrons. The molecule has 0 saturated carbocycles. The van der Waals surface area contributed by atoms with E-state index in [-0.39, 0.29) is 60.5 Å². The second-order valence-electron chi connectivity index (χ2n) is 13.2. The lowest BCUT2D eigenvalue weighted by molar-refractivity contribution is -0.140. The molecule has 0 aromatic carbocycles. The smallest absolute Gasteiger partial charge is 0.320 e. The number of nitrogens with two attached hydrogens (primary N) is 1. The molecule has 46 heavy (non-hydrogen) atoms. The van der Waals surface area contributed by atoms with Gasteiger partial charge in [-0.3, -0.25) is 28.8 Å². The molecule has 266 valence electrons. The van der Waals surface area contributed by atoms with Gasteiger partial charge in [0.15, 0.2) is 0 Å². The molecule has 0 bridgehead atoms. The summed E-state index contributed by atoms with van der Waals surface area (Å²) < 4.78 is 0. The van der Waals surface area contributed by atoms with E-state index in [2.05, 4.69) is 35.1 Å². The summed E-state index contributed by atoms with van der Waals surface area (Å²) in [4.78, 5) is 72.2. The highest BCUT2D eigenvalue weighted by Crippen LogP contribution is 2.14. The molecule has 12 heteroatoms. The van der Waals surface area contributed by atoms with E-state index < -0.39 is 24.0 Å². The number of primary amides is 1. The average Bonchev–Trinajstić information content (AvgIpc) is 2.98. The summed E-state index contributed by atoms with van der Waals surface area (Å²) in [6.45, 7) is 13.0. The molecule has 0 spiro atoms. The van der Waals surface area contributed by atoms with Crippen LogP contribution in [0.3, 0.4) is 0 Å². The third-order valence-electron chi connectivity index (χ3n) is 8.07. The van der Waals surface area contributed by atoms with Gasteiger partial charge in [0.25, 0.3) is 0 Å². The van der Waals surface area contributed by atoms with Crippen molar-refractivity contribution in [3.05, 3.63) is 0 Å². The zero-order chi connectivity index (χ0) is 35.1. The molecule has 0 heterocycles. The van der Waals surface area contributed by atoms with Gasteiger partial charge in [0, 0.05) is 56.1 Å². The van der Waals surface area contributed by atoms with Crippen molar-refractivity contribution in [1.82, 2.24) is 21.3 Å². The monoisotopic (exact) mass is 653 g/mol. The third kappa shape index (κ3) is 22.6. The van der Waals surface area contributed by atoms with E-state index in [0.29, 0.717) is 64.0 Å². The Labute approximate surface area is 276 Å². The van der Waals surface area contributed by atoms with E-state index in [1.807, 2.05) is 27.7 Å². The summed E-state index contributed by atoms with van der Waals surface area (Å²) in [5.41, 5.74) is 5.43. The van der Waals surface area contributed by atoms with Crippen LogP contribution in [0.25, 0.3) is 0 Å². The van der Waals surface area contributed by atoms with E-state index in [0.717, 1.165) is 25.8 Å². The highest BCUT2D eigenvalue weighted by atomic mass is 16.4. The molecule has 0 aliphatic heterocycles. The quantitative estimate of drug-likeness (QED) is 0.0656. The Hall–Kier alpha value is -2.86. The topological polar surface area (TPSA) is 197 Å². The molecule has 4 unspecified atom stereocenters. The molecule has 0 aliphatic rings. The number of aliphatic carboxylic acids is 1. The van der Waals surface area contributed by atoms with Gasteiger partial charge >= 0.3 is 5.97 Å². The largest absolute Gasteiger partial charge is 0.480 e. The molecule has 0 aliphatic carbocycles. The van der Waals surface area contributed by atoms with Gasteiger partial charge < -0.3 is 32.1 Å². The molecule has 7 N–H and O–H groups in total. The number of carboxylic acids is 1. The van der Waals surface area contributed by atoms with Crippen LogP contribution in [-0.4, -0.2) is 77.6 Å². The molecule has 0 aromatic rings. The number of rotatable bonds is 29. The van der Waals surface area contributed by atoms with E-state index in [9.17, 15) is 33.9 Å². The van der Waals surface area contributed by atoms with Gasteiger partial charge in [-0.1, -0.05) is 41.0 Å². The van der Waals surface area contributed by atoms with Crippen molar-refractivity contribution in [3.8, 4) is 0 Å². The molecule has 12 nitrogen and oxygen atoms in total. The maximum absolute atomic E-state index is 12.5. The Morgan fingerprint density at radius 1 is 0.630 bits per heavy atom. The molecule has 0 saturated heterocycles. The van der Waals surface area contributed by atoms with Crippen LogP contribution >= 0.6 is 0 Å². The van der Waals surface area contributed by atoms with Crippen LogP contribution in [0.1, 0.15) is 131 Å². The summed E-state index contributed by atoms with van der Waals surface area (Å²) in [5, 5.41) is 21.5. The van der Waals surface area contributed by atoms with Crippen molar-refractivity contribution in [2.24, 2.45) is 17.6 Å². The lowest BCUT2D eigenvalue weighted by Crippen LogP contribution is -2.44. The molecule has 4 atom stereocenters. The third-order valence-corrected chi connectivity index (χ3v) is 8.07. The number of unbranched alkanes of at least 4 members (excludes halogenated alkanes) is 3. The van der Waals surface area contributed by atoms with Crippen LogP contribution in [0, 0.1) is 11.8 Å². The number of carboxylic acid groups (broad SMARTS) is 1. The number of carbonyl (C=O) groups is 6. The van der Waals surface area contributed by atoms with Gasteiger partial charge in [-0.25, -0.2) is 0 Å². The SMILES string of the molecule is CC(C)NCCCCCC(=O)C(C)CCC(C)NC(CCC(=O)NCCCCC(NC(=O)CCCC(=O)C(C)C)C(N)=O)C(=O)O. The van der Waals surface area contributed by atoms with Crippen molar-refractivity contribution in [2.45, 2.75) is 156 Å². The Kier molecular flexibility index (Phi) is 23.7. The average molecular weight is 654 g/mol.